The standard InChI is InChI=1S/C16H14Cl4N2OS/c1-2-5-21-16(23)22-10-7-12(19)15(13(20)8-10)24-14-4-3-9(17)6-11(14)18/h3-4,6-8H,2,5H2,1H3,(H2,21,22,23). The van der Waals surface area contributed by atoms with Crippen molar-refractivity contribution in [2.24, 2.45) is 0 Å². The van der Waals surface area contributed by atoms with Gasteiger partial charge in [-0.05, 0) is 36.8 Å². The second-order valence-electron chi connectivity index (χ2n) is 4.83. The van der Waals surface area contributed by atoms with Gasteiger partial charge in [0.1, 0.15) is 0 Å². The van der Waals surface area contributed by atoms with Gasteiger partial charge >= 0.3 is 6.03 Å². The van der Waals surface area contributed by atoms with Gasteiger partial charge in [0.05, 0.1) is 15.1 Å². The van der Waals surface area contributed by atoms with E-state index >= 15 is 0 Å². The number of carbonyl (C=O) groups is 1. The third-order valence-electron chi connectivity index (χ3n) is 2.90. The largest absolute Gasteiger partial charge is 0.338 e. The van der Waals surface area contributed by atoms with Crippen LogP contribution in [-0.4, -0.2) is 12.6 Å². The van der Waals surface area contributed by atoms with Crippen LogP contribution >= 0.6 is 58.2 Å². The number of urea groups is 1. The van der Waals surface area contributed by atoms with Gasteiger partial charge in [-0.15, -0.1) is 0 Å². The van der Waals surface area contributed by atoms with Crippen molar-refractivity contribution in [2.45, 2.75) is 23.1 Å². The maximum atomic E-state index is 11.7. The average Bonchev–Trinajstić information content (AvgIpc) is 2.50. The quantitative estimate of drug-likeness (QED) is 0.544. The summed E-state index contributed by atoms with van der Waals surface area (Å²) in [4.78, 5) is 13.1. The first kappa shape index (κ1) is 19.5. The van der Waals surface area contributed by atoms with Crippen molar-refractivity contribution in [2.75, 3.05) is 11.9 Å². The number of amides is 2. The fourth-order valence-corrected chi connectivity index (χ4v) is 3.88. The van der Waals surface area contributed by atoms with E-state index in [0.717, 1.165) is 11.3 Å². The molecule has 0 saturated carbocycles. The molecule has 128 valence electrons. The molecule has 2 amide bonds. The summed E-state index contributed by atoms with van der Waals surface area (Å²) in [5.74, 6) is 0. The molecule has 0 aliphatic carbocycles. The number of hydrogen-bond acceptors (Lipinski definition) is 2. The number of hydrogen-bond donors (Lipinski definition) is 2. The highest BCUT2D eigenvalue weighted by Crippen LogP contribution is 2.43. The van der Waals surface area contributed by atoms with E-state index in [1.165, 1.54) is 11.8 Å². The first-order chi connectivity index (χ1) is 11.4. The van der Waals surface area contributed by atoms with Crippen LogP contribution in [0, 0.1) is 0 Å². The number of halogens is 4. The van der Waals surface area contributed by atoms with Crippen molar-refractivity contribution < 1.29 is 4.79 Å². The highest BCUT2D eigenvalue weighted by atomic mass is 35.5. The summed E-state index contributed by atoms with van der Waals surface area (Å²) in [6.07, 6.45) is 0.854. The number of anilines is 1. The lowest BCUT2D eigenvalue weighted by atomic mass is 10.3. The number of benzene rings is 2. The molecule has 0 saturated heterocycles. The minimum Gasteiger partial charge on any atom is -0.338 e. The smallest absolute Gasteiger partial charge is 0.319 e. The summed E-state index contributed by atoms with van der Waals surface area (Å²) in [6, 6.07) is 8.18. The Morgan fingerprint density at radius 2 is 1.71 bits per heavy atom. The second kappa shape index (κ2) is 9.07. The van der Waals surface area contributed by atoms with Crippen molar-refractivity contribution in [1.29, 1.82) is 0 Å². The summed E-state index contributed by atoms with van der Waals surface area (Å²) in [6.45, 7) is 2.57. The van der Waals surface area contributed by atoms with Gasteiger partial charge in [-0.1, -0.05) is 65.1 Å². The highest BCUT2D eigenvalue weighted by Gasteiger charge is 2.13. The molecule has 0 fully saturated rings. The highest BCUT2D eigenvalue weighted by molar-refractivity contribution is 7.99. The molecule has 24 heavy (non-hydrogen) atoms. The molecule has 0 atom stereocenters. The van der Waals surface area contributed by atoms with E-state index < -0.39 is 0 Å². The average molecular weight is 424 g/mol. The van der Waals surface area contributed by atoms with Crippen LogP contribution in [0.2, 0.25) is 20.1 Å². The lowest BCUT2D eigenvalue weighted by molar-refractivity contribution is 0.252. The van der Waals surface area contributed by atoms with Crippen molar-refractivity contribution in [1.82, 2.24) is 5.32 Å². The lowest BCUT2D eigenvalue weighted by Gasteiger charge is -2.12. The number of carbonyl (C=O) groups excluding carboxylic acids is 1. The van der Waals surface area contributed by atoms with Gasteiger partial charge in [0.15, 0.2) is 0 Å². The summed E-state index contributed by atoms with van der Waals surface area (Å²) in [5.41, 5.74) is 0.519. The van der Waals surface area contributed by atoms with Gasteiger partial charge in [0.25, 0.3) is 0 Å². The van der Waals surface area contributed by atoms with Crippen molar-refractivity contribution in [3.05, 3.63) is 50.4 Å². The van der Waals surface area contributed by atoms with Gasteiger partial charge in [0, 0.05) is 27.0 Å². The van der Waals surface area contributed by atoms with Gasteiger partial charge in [0.2, 0.25) is 0 Å². The van der Waals surface area contributed by atoms with E-state index in [2.05, 4.69) is 10.6 Å². The topological polar surface area (TPSA) is 41.1 Å². The minimum atomic E-state index is -0.301. The third kappa shape index (κ3) is 5.36. The summed E-state index contributed by atoms with van der Waals surface area (Å²) >= 11 is 26.0. The van der Waals surface area contributed by atoms with E-state index in [1.54, 1.807) is 30.3 Å². The third-order valence-corrected chi connectivity index (χ3v) is 5.60. The monoisotopic (exact) mass is 422 g/mol. The molecule has 0 bridgehead atoms. The molecular formula is C16H14Cl4N2OS. The van der Waals surface area contributed by atoms with Crippen LogP contribution in [0.5, 0.6) is 0 Å². The van der Waals surface area contributed by atoms with E-state index in [0.29, 0.717) is 37.2 Å². The molecular weight excluding hydrogens is 410 g/mol. The summed E-state index contributed by atoms with van der Waals surface area (Å²) < 4.78 is 0. The molecule has 3 nitrogen and oxygen atoms in total. The lowest BCUT2D eigenvalue weighted by Crippen LogP contribution is -2.29. The predicted molar refractivity (Wildman–Crippen MR) is 104 cm³/mol. The normalized spacial score (nSPS) is 10.5. The molecule has 0 aliphatic heterocycles. The van der Waals surface area contributed by atoms with E-state index in [-0.39, 0.29) is 6.03 Å². The van der Waals surface area contributed by atoms with Gasteiger partial charge in [-0.3, -0.25) is 0 Å². The van der Waals surface area contributed by atoms with E-state index in [9.17, 15) is 4.79 Å². The molecule has 0 unspecified atom stereocenters. The zero-order valence-electron chi connectivity index (χ0n) is 12.6. The Labute approximate surface area is 165 Å². The van der Waals surface area contributed by atoms with Crippen LogP contribution < -0.4 is 10.6 Å². The Hall–Kier alpha value is -0.780. The molecule has 2 aromatic carbocycles. The van der Waals surface area contributed by atoms with Crippen molar-refractivity contribution >= 4 is 69.9 Å². The zero-order chi connectivity index (χ0) is 17.7. The minimum absolute atomic E-state index is 0.301. The molecule has 2 N–H and O–H groups in total. The fraction of sp³-hybridized carbons (Fsp3) is 0.188. The molecule has 0 spiro atoms. The summed E-state index contributed by atoms with van der Waals surface area (Å²) in [7, 11) is 0. The maximum Gasteiger partial charge on any atom is 0.319 e. The van der Waals surface area contributed by atoms with Crippen molar-refractivity contribution in [3.8, 4) is 0 Å². The Bertz CT molecular complexity index is 732. The molecule has 0 aromatic heterocycles. The van der Waals surface area contributed by atoms with E-state index in [4.69, 9.17) is 46.4 Å². The first-order valence-corrected chi connectivity index (χ1v) is 9.40. The van der Waals surface area contributed by atoms with Crippen LogP contribution in [0.15, 0.2) is 40.1 Å². The van der Waals surface area contributed by atoms with Crippen molar-refractivity contribution in [3.63, 3.8) is 0 Å². The zero-order valence-corrected chi connectivity index (χ0v) is 16.5. The predicted octanol–water partition coefficient (Wildman–Crippen LogP) is 6.98. The van der Waals surface area contributed by atoms with Crippen LogP contribution in [0.25, 0.3) is 0 Å². The Morgan fingerprint density at radius 3 is 2.29 bits per heavy atom. The van der Waals surface area contributed by atoms with Gasteiger partial charge < -0.3 is 10.6 Å². The Kier molecular flexibility index (Phi) is 7.38. The van der Waals surface area contributed by atoms with Crippen LogP contribution in [0.1, 0.15) is 13.3 Å². The number of rotatable bonds is 5. The summed E-state index contributed by atoms with van der Waals surface area (Å²) in [5, 5.41) is 7.32. The maximum absolute atomic E-state index is 11.7. The molecule has 0 aliphatic rings. The Balaban J connectivity index is 2.19. The number of nitrogens with one attached hydrogen (secondary N) is 2. The molecule has 8 heteroatoms. The van der Waals surface area contributed by atoms with Crippen LogP contribution in [-0.2, 0) is 0 Å². The fourth-order valence-electron chi connectivity index (χ4n) is 1.81. The molecule has 0 radical (unpaired) electrons. The molecule has 2 aromatic rings. The van der Waals surface area contributed by atoms with Crippen LogP contribution in [0.4, 0.5) is 10.5 Å². The van der Waals surface area contributed by atoms with Crippen LogP contribution in [0.3, 0.4) is 0 Å². The second-order valence-corrected chi connectivity index (χ2v) is 7.54. The van der Waals surface area contributed by atoms with Gasteiger partial charge in [-0.2, -0.15) is 0 Å². The SMILES string of the molecule is CCCNC(=O)Nc1cc(Cl)c(Sc2ccc(Cl)cc2Cl)c(Cl)c1. The first-order valence-electron chi connectivity index (χ1n) is 7.07. The Morgan fingerprint density at radius 1 is 1.04 bits per heavy atom. The van der Waals surface area contributed by atoms with Gasteiger partial charge in [-0.25, -0.2) is 4.79 Å². The molecule has 0 heterocycles. The van der Waals surface area contributed by atoms with E-state index in [1.807, 2.05) is 6.92 Å². The molecule has 2 rings (SSSR count).